The van der Waals surface area contributed by atoms with Gasteiger partial charge in [-0.3, -0.25) is 0 Å². The first-order valence-electron chi connectivity index (χ1n) is 5.91. The predicted molar refractivity (Wildman–Crippen MR) is 79.5 cm³/mol. The highest BCUT2D eigenvalue weighted by Crippen LogP contribution is 2.34. The van der Waals surface area contributed by atoms with E-state index in [1.54, 1.807) is 0 Å². The van der Waals surface area contributed by atoms with Crippen LogP contribution < -0.4 is 5.73 Å². The van der Waals surface area contributed by atoms with Gasteiger partial charge in [0.05, 0.1) is 0 Å². The van der Waals surface area contributed by atoms with Crippen molar-refractivity contribution in [1.82, 2.24) is 0 Å². The average Bonchev–Trinajstić information content (AvgIpc) is 2.66. The van der Waals surface area contributed by atoms with Crippen LogP contribution in [0.25, 0.3) is 0 Å². The van der Waals surface area contributed by atoms with E-state index in [2.05, 4.69) is 46.9 Å². The second-order valence-corrected chi connectivity index (χ2v) is 4.89. The van der Waals surface area contributed by atoms with Crippen molar-refractivity contribution in [3.63, 3.8) is 0 Å². The molecule has 0 saturated carbocycles. The highest BCUT2D eigenvalue weighted by atomic mass is 32.1. The summed E-state index contributed by atoms with van der Waals surface area (Å²) in [7, 11) is 0. The number of nitrogens with two attached hydrogens (primary N) is 1. The lowest BCUT2D eigenvalue weighted by Gasteiger charge is -2.01. The number of thiophene rings is 1. The fourth-order valence-corrected chi connectivity index (χ4v) is 2.26. The molecule has 0 aliphatic rings. The van der Waals surface area contributed by atoms with Gasteiger partial charge in [0.2, 0.25) is 0 Å². The van der Waals surface area contributed by atoms with Crippen LogP contribution >= 0.6 is 11.3 Å². The first-order valence-corrected chi connectivity index (χ1v) is 6.73. The summed E-state index contributed by atoms with van der Waals surface area (Å²) in [6, 6.07) is 2.12. The van der Waals surface area contributed by atoms with Crippen molar-refractivity contribution in [2.45, 2.75) is 53.4 Å². The zero-order chi connectivity index (χ0) is 13.3. The van der Waals surface area contributed by atoms with Gasteiger partial charge in [0.1, 0.15) is 0 Å². The van der Waals surface area contributed by atoms with E-state index >= 15 is 0 Å². The number of rotatable bonds is 2. The maximum absolute atomic E-state index is 5.89. The Kier molecular flexibility index (Phi) is 10.4. The van der Waals surface area contributed by atoms with Crippen LogP contribution in [0.15, 0.2) is 19.2 Å². The third-order valence-electron chi connectivity index (χ3n) is 1.90. The van der Waals surface area contributed by atoms with Crippen LogP contribution in [0.3, 0.4) is 0 Å². The molecule has 0 aromatic carbocycles. The van der Waals surface area contributed by atoms with Gasteiger partial charge in [0.25, 0.3) is 0 Å². The van der Waals surface area contributed by atoms with Gasteiger partial charge < -0.3 is 5.73 Å². The zero-order valence-electron chi connectivity index (χ0n) is 11.6. The van der Waals surface area contributed by atoms with Crippen molar-refractivity contribution in [1.29, 1.82) is 0 Å². The molecule has 1 rings (SSSR count). The summed E-state index contributed by atoms with van der Waals surface area (Å²) in [5, 5.41) is 0. The topological polar surface area (TPSA) is 26.0 Å². The van der Waals surface area contributed by atoms with Crippen molar-refractivity contribution in [2.24, 2.45) is 0 Å². The van der Waals surface area contributed by atoms with Gasteiger partial charge in [0, 0.05) is 15.4 Å². The molecule has 0 bridgehead atoms. The quantitative estimate of drug-likeness (QED) is 0.689. The first-order chi connectivity index (χ1) is 7.52. The van der Waals surface area contributed by atoms with Crippen LogP contribution in [0.5, 0.6) is 0 Å². The molecule has 2 N–H and O–H groups in total. The molecule has 1 aromatic rings. The first kappa shape index (κ1) is 17.6. The van der Waals surface area contributed by atoms with E-state index in [0.29, 0.717) is 11.8 Å². The minimum Gasteiger partial charge on any atom is -0.398 e. The second kappa shape index (κ2) is 9.46. The Labute approximate surface area is 105 Å². The third kappa shape index (κ3) is 5.36. The maximum atomic E-state index is 5.89. The average molecular weight is 241 g/mol. The van der Waals surface area contributed by atoms with E-state index < -0.39 is 0 Å². The maximum Gasteiger partial charge on any atom is 0.0461 e. The predicted octanol–water partition coefficient (Wildman–Crippen LogP) is 5.41. The Bertz CT molecular complexity index is 274. The van der Waals surface area contributed by atoms with Gasteiger partial charge in [-0.05, 0) is 17.9 Å². The standard InChI is InChI=1S/C10H17NS.C2H6.C2H4/c1-6(2)9-5-8(11)10(12-9)7(3)4;2*1-2/h5-7H,11H2,1-4H3;1-2H3;1-2H2. The summed E-state index contributed by atoms with van der Waals surface area (Å²) in [5.41, 5.74) is 6.86. The van der Waals surface area contributed by atoms with E-state index in [0.717, 1.165) is 5.69 Å². The van der Waals surface area contributed by atoms with E-state index in [4.69, 9.17) is 5.73 Å². The fraction of sp³-hybridized carbons (Fsp3) is 0.571. The van der Waals surface area contributed by atoms with Gasteiger partial charge in [-0.25, -0.2) is 0 Å². The normalized spacial score (nSPS) is 9.25. The summed E-state index contributed by atoms with van der Waals surface area (Å²) in [4.78, 5) is 2.73. The van der Waals surface area contributed by atoms with Crippen molar-refractivity contribution in [2.75, 3.05) is 5.73 Å². The Balaban J connectivity index is 0. The number of nitrogen functional groups attached to an aromatic ring is 1. The van der Waals surface area contributed by atoms with E-state index in [9.17, 15) is 0 Å². The number of hydrogen-bond acceptors (Lipinski definition) is 2. The van der Waals surface area contributed by atoms with Crippen LogP contribution in [0, 0.1) is 0 Å². The van der Waals surface area contributed by atoms with Gasteiger partial charge in [0.15, 0.2) is 0 Å². The van der Waals surface area contributed by atoms with Crippen LogP contribution in [0.2, 0.25) is 0 Å². The summed E-state index contributed by atoms with van der Waals surface area (Å²) in [5.74, 6) is 1.16. The van der Waals surface area contributed by atoms with E-state index in [1.807, 2.05) is 25.2 Å². The molecule has 1 nitrogen and oxygen atoms in total. The molecule has 16 heavy (non-hydrogen) atoms. The van der Waals surface area contributed by atoms with Gasteiger partial charge in [-0.2, -0.15) is 0 Å². The Morgan fingerprint density at radius 1 is 1.06 bits per heavy atom. The minimum atomic E-state index is 0.558. The monoisotopic (exact) mass is 241 g/mol. The Hall–Kier alpha value is -0.760. The molecule has 0 radical (unpaired) electrons. The lowest BCUT2D eigenvalue weighted by atomic mass is 10.1. The Morgan fingerprint density at radius 3 is 1.69 bits per heavy atom. The zero-order valence-corrected chi connectivity index (χ0v) is 12.4. The summed E-state index contributed by atoms with van der Waals surface area (Å²) < 4.78 is 0. The lowest BCUT2D eigenvalue weighted by molar-refractivity contribution is 0.889. The van der Waals surface area contributed by atoms with Crippen LogP contribution in [-0.2, 0) is 0 Å². The minimum absolute atomic E-state index is 0.558. The molecule has 1 aromatic heterocycles. The van der Waals surface area contributed by atoms with Gasteiger partial charge in [-0.1, -0.05) is 41.5 Å². The van der Waals surface area contributed by atoms with Crippen molar-refractivity contribution >= 4 is 17.0 Å². The smallest absolute Gasteiger partial charge is 0.0461 e. The molecule has 0 atom stereocenters. The fourth-order valence-electron chi connectivity index (χ4n) is 1.18. The van der Waals surface area contributed by atoms with Crippen LogP contribution in [0.1, 0.15) is 63.1 Å². The number of anilines is 1. The molecule has 94 valence electrons. The molecule has 0 saturated heterocycles. The largest absolute Gasteiger partial charge is 0.398 e. The lowest BCUT2D eigenvalue weighted by Crippen LogP contribution is -1.89. The SMILES string of the molecule is C=C.CC.CC(C)c1cc(N)c(C(C)C)s1. The van der Waals surface area contributed by atoms with Crippen molar-refractivity contribution in [3.8, 4) is 0 Å². The molecular formula is C14H27NS. The Morgan fingerprint density at radius 2 is 1.50 bits per heavy atom. The molecule has 0 amide bonds. The van der Waals surface area contributed by atoms with Gasteiger partial charge >= 0.3 is 0 Å². The third-order valence-corrected chi connectivity index (χ3v) is 3.66. The highest BCUT2D eigenvalue weighted by Gasteiger charge is 2.11. The summed E-state index contributed by atoms with van der Waals surface area (Å²) in [6.07, 6.45) is 0. The van der Waals surface area contributed by atoms with Crippen molar-refractivity contribution in [3.05, 3.63) is 29.0 Å². The molecule has 0 aliphatic carbocycles. The molecule has 0 fully saturated rings. The van der Waals surface area contributed by atoms with Crippen molar-refractivity contribution < 1.29 is 0 Å². The summed E-state index contributed by atoms with van der Waals surface area (Å²) in [6.45, 7) is 18.8. The van der Waals surface area contributed by atoms with Crippen LogP contribution in [-0.4, -0.2) is 0 Å². The van der Waals surface area contributed by atoms with Gasteiger partial charge in [-0.15, -0.1) is 24.5 Å². The number of hydrogen-bond donors (Lipinski definition) is 1. The second-order valence-electron chi connectivity index (χ2n) is 3.78. The molecular weight excluding hydrogens is 214 g/mol. The summed E-state index contributed by atoms with van der Waals surface area (Å²) >= 11 is 1.85. The highest BCUT2D eigenvalue weighted by molar-refractivity contribution is 7.12. The van der Waals surface area contributed by atoms with E-state index in [1.165, 1.54) is 9.75 Å². The molecule has 0 unspecified atom stereocenters. The molecule has 0 spiro atoms. The van der Waals surface area contributed by atoms with E-state index in [-0.39, 0.29) is 0 Å². The molecule has 1 heterocycles. The van der Waals surface area contributed by atoms with Crippen LogP contribution in [0.4, 0.5) is 5.69 Å². The molecule has 0 aliphatic heterocycles. The molecule has 2 heteroatoms.